The van der Waals surface area contributed by atoms with Crippen molar-refractivity contribution in [3.05, 3.63) is 66.5 Å². The van der Waals surface area contributed by atoms with Crippen LogP contribution < -0.4 is 4.74 Å². The second-order valence-corrected chi connectivity index (χ2v) is 4.18. The second kappa shape index (κ2) is 5.48. The molecular weight excluding hydrogens is 243 g/mol. The summed E-state index contributed by atoms with van der Waals surface area (Å²) in [7, 11) is 0. The minimum Gasteiger partial charge on any atom is -0.423 e. The first-order valence-electron chi connectivity index (χ1n) is 5.80. The fourth-order valence-electron chi connectivity index (χ4n) is 1.62. The maximum Gasteiger partial charge on any atom is 0.338 e. The van der Waals surface area contributed by atoms with E-state index in [4.69, 9.17) is 4.74 Å². The van der Waals surface area contributed by atoms with Gasteiger partial charge in [0.15, 0.2) is 0 Å². The fraction of sp³-hybridized carbons (Fsp3) is 0.0625. The largest absolute Gasteiger partial charge is 0.423 e. The molecule has 96 valence electrons. The van der Waals surface area contributed by atoms with E-state index in [-0.39, 0.29) is 5.82 Å². The number of halogens is 1. The highest BCUT2D eigenvalue weighted by Gasteiger charge is 2.12. The van der Waals surface area contributed by atoms with Crippen molar-refractivity contribution in [2.45, 2.75) is 6.92 Å². The molecular formula is C16H13FO2. The average molecular weight is 256 g/mol. The van der Waals surface area contributed by atoms with Gasteiger partial charge in [0.2, 0.25) is 0 Å². The Morgan fingerprint density at radius 3 is 2.47 bits per heavy atom. The third kappa shape index (κ3) is 3.07. The first kappa shape index (κ1) is 13.0. The number of esters is 1. The smallest absolute Gasteiger partial charge is 0.338 e. The van der Waals surface area contributed by atoms with Gasteiger partial charge in [-0.1, -0.05) is 36.9 Å². The molecule has 0 unspecified atom stereocenters. The van der Waals surface area contributed by atoms with Gasteiger partial charge in [-0.2, -0.15) is 0 Å². The predicted molar refractivity (Wildman–Crippen MR) is 72.3 cm³/mol. The summed E-state index contributed by atoms with van der Waals surface area (Å²) in [6.07, 6.45) is 0. The molecule has 2 rings (SSSR count). The van der Waals surface area contributed by atoms with Crippen LogP contribution in [0.25, 0.3) is 11.1 Å². The summed E-state index contributed by atoms with van der Waals surface area (Å²) in [4.78, 5) is 11.6. The van der Waals surface area contributed by atoms with Gasteiger partial charge in [-0.05, 0) is 30.7 Å². The lowest BCUT2D eigenvalue weighted by Crippen LogP contribution is -2.09. The summed E-state index contributed by atoms with van der Waals surface area (Å²) >= 11 is 0. The van der Waals surface area contributed by atoms with Crippen LogP contribution in [0.2, 0.25) is 0 Å². The summed E-state index contributed by atoms with van der Waals surface area (Å²) < 4.78 is 18.6. The normalized spacial score (nSPS) is 10.0. The first-order valence-corrected chi connectivity index (χ1v) is 5.80. The van der Waals surface area contributed by atoms with Crippen molar-refractivity contribution in [3.63, 3.8) is 0 Å². The summed E-state index contributed by atoms with van der Waals surface area (Å²) in [6, 6.07) is 13.2. The van der Waals surface area contributed by atoms with E-state index in [1.165, 1.54) is 18.2 Å². The summed E-state index contributed by atoms with van der Waals surface area (Å²) in [5, 5.41) is 0. The predicted octanol–water partition coefficient (Wildman–Crippen LogP) is 3.97. The molecule has 0 spiro atoms. The van der Waals surface area contributed by atoms with Crippen molar-refractivity contribution in [2.24, 2.45) is 0 Å². The van der Waals surface area contributed by atoms with E-state index < -0.39 is 5.97 Å². The quantitative estimate of drug-likeness (QED) is 0.472. The van der Waals surface area contributed by atoms with Crippen molar-refractivity contribution < 1.29 is 13.9 Å². The molecule has 2 aromatic rings. The van der Waals surface area contributed by atoms with Gasteiger partial charge in [0.05, 0.1) is 0 Å². The summed E-state index contributed by atoms with van der Waals surface area (Å²) in [6.45, 7) is 5.09. The van der Waals surface area contributed by atoms with E-state index in [0.29, 0.717) is 16.9 Å². The van der Waals surface area contributed by atoms with Crippen LogP contribution in [0.15, 0.2) is 60.7 Å². The van der Waals surface area contributed by atoms with Crippen molar-refractivity contribution in [1.29, 1.82) is 0 Å². The van der Waals surface area contributed by atoms with Crippen LogP contribution in [-0.4, -0.2) is 5.97 Å². The molecule has 0 N–H and O–H groups in total. The van der Waals surface area contributed by atoms with Gasteiger partial charge in [0, 0.05) is 11.1 Å². The Hall–Kier alpha value is -2.42. The van der Waals surface area contributed by atoms with E-state index in [0.717, 1.165) is 5.56 Å². The van der Waals surface area contributed by atoms with E-state index in [2.05, 4.69) is 6.58 Å². The number of benzene rings is 2. The lowest BCUT2D eigenvalue weighted by atomic mass is 10.0. The maximum absolute atomic E-state index is 13.4. The molecule has 0 heterocycles. The molecule has 0 radical (unpaired) electrons. The lowest BCUT2D eigenvalue weighted by molar-refractivity contribution is -0.130. The standard InChI is InChI=1S/C16H13FO2/c1-11(2)16(18)19-15-9-8-13(17)10-14(15)12-6-4-3-5-7-12/h3-10H,1H2,2H3. The Labute approximate surface area is 111 Å². The van der Waals surface area contributed by atoms with Crippen LogP contribution in [0.1, 0.15) is 6.92 Å². The van der Waals surface area contributed by atoms with Gasteiger partial charge in [-0.25, -0.2) is 9.18 Å². The van der Waals surface area contributed by atoms with Crippen molar-refractivity contribution in [2.75, 3.05) is 0 Å². The molecule has 0 aliphatic rings. The van der Waals surface area contributed by atoms with Crippen molar-refractivity contribution >= 4 is 5.97 Å². The number of rotatable bonds is 3. The topological polar surface area (TPSA) is 26.3 Å². The zero-order chi connectivity index (χ0) is 13.8. The Morgan fingerprint density at radius 1 is 1.16 bits per heavy atom. The molecule has 19 heavy (non-hydrogen) atoms. The molecule has 2 aromatic carbocycles. The molecule has 0 fully saturated rings. The fourth-order valence-corrected chi connectivity index (χ4v) is 1.62. The SMILES string of the molecule is C=C(C)C(=O)Oc1ccc(F)cc1-c1ccccc1. The zero-order valence-electron chi connectivity index (χ0n) is 10.5. The third-order valence-corrected chi connectivity index (χ3v) is 2.58. The Balaban J connectivity index is 2.45. The van der Waals surface area contributed by atoms with E-state index in [9.17, 15) is 9.18 Å². The van der Waals surface area contributed by atoms with Crippen molar-refractivity contribution in [1.82, 2.24) is 0 Å². The highest BCUT2D eigenvalue weighted by molar-refractivity contribution is 5.90. The molecule has 0 saturated carbocycles. The third-order valence-electron chi connectivity index (χ3n) is 2.58. The van der Waals surface area contributed by atoms with Crippen LogP contribution in [0.3, 0.4) is 0 Å². The molecule has 2 nitrogen and oxygen atoms in total. The minimum absolute atomic E-state index is 0.295. The van der Waals surface area contributed by atoms with E-state index >= 15 is 0 Å². The van der Waals surface area contributed by atoms with Gasteiger partial charge in [0.1, 0.15) is 11.6 Å². The Bertz CT molecular complexity index is 618. The molecule has 0 aliphatic heterocycles. The number of hydrogen-bond acceptors (Lipinski definition) is 2. The minimum atomic E-state index is -0.524. The van der Waals surface area contributed by atoms with Gasteiger partial charge in [-0.3, -0.25) is 0 Å². The highest BCUT2D eigenvalue weighted by Crippen LogP contribution is 2.31. The second-order valence-electron chi connectivity index (χ2n) is 4.18. The van der Waals surface area contributed by atoms with Crippen LogP contribution in [-0.2, 0) is 4.79 Å². The van der Waals surface area contributed by atoms with Gasteiger partial charge >= 0.3 is 5.97 Å². The van der Waals surface area contributed by atoms with E-state index in [1.54, 1.807) is 6.92 Å². The zero-order valence-corrected chi connectivity index (χ0v) is 10.5. The number of hydrogen-bond donors (Lipinski definition) is 0. The molecule has 0 atom stereocenters. The van der Waals surface area contributed by atoms with Crippen LogP contribution in [0.5, 0.6) is 5.75 Å². The van der Waals surface area contributed by atoms with Crippen LogP contribution >= 0.6 is 0 Å². The molecule has 0 aromatic heterocycles. The molecule has 0 aliphatic carbocycles. The number of carbonyl (C=O) groups excluding carboxylic acids is 1. The molecule has 3 heteroatoms. The monoisotopic (exact) mass is 256 g/mol. The summed E-state index contributed by atoms with van der Waals surface area (Å²) in [5.41, 5.74) is 1.62. The van der Waals surface area contributed by atoms with Gasteiger partial charge in [-0.15, -0.1) is 0 Å². The Morgan fingerprint density at radius 2 is 1.84 bits per heavy atom. The average Bonchev–Trinajstić information content (AvgIpc) is 2.41. The van der Waals surface area contributed by atoms with E-state index in [1.807, 2.05) is 30.3 Å². The van der Waals surface area contributed by atoms with Crippen LogP contribution in [0.4, 0.5) is 4.39 Å². The molecule has 0 amide bonds. The first-order chi connectivity index (χ1) is 9.08. The number of ether oxygens (including phenoxy) is 1. The van der Waals surface area contributed by atoms with Gasteiger partial charge in [0.25, 0.3) is 0 Å². The maximum atomic E-state index is 13.4. The lowest BCUT2D eigenvalue weighted by Gasteiger charge is -2.10. The van der Waals surface area contributed by atoms with Crippen molar-refractivity contribution in [3.8, 4) is 16.9 Å². The number of carbonyl (C=O) groups is 1. The summed E-state index contributed by atoms with van der Waals surface area (Å²) in [5.74, 6) is -0.585. The Kier molecular flexibility index (Phi) is 3.76. The van der Waals surface area contributed by atoms with Gasteiger partial charge < -0.3 is 4.74 Å². The molecule has 0 bridgehead atoms. The van der Waals surface area contributed by atoms with Crippen LogP contribution in [0, 0.1) is 5.82 Å². The highest BCUT2D eigenvalue weighted by atomic mass is 19.1. The molecule has 0 saturated heterocycles.